The molecule has 0 radical (unpaired) electrons. The molecular formula is C21H30O3. The highest BCUT2D eigenvalue weighted by atomic mass is 16.5. The maximum atomic E-state index is 11.7. The summed E-state index contributed by atoms with van der Waals surface area (Å²) in [5.74, 6) is 0.820. The topological polar surface area (TPSA) is 46.5 Å². The minimum atomic E-state index is 0.143. The van der Waals surface area contributed by atoms with E-state index in [0.717, 1.165) is 31.2 Å². The van der Waals surface area contributed by atoms with Crippen molar-refractivity contribution in [1.82, 2.24) is 0 Å². The number of allylic oxidation sites excluding steroid dienone is 3. The van der Waals surface area contributed by atoms with Crippen LogP contribution >= 0.6 is 0 Å². The van der Waals surface area contributed by atoms with Crippen LogP contribution in [0, 0.1) is 0 Å². The summed E-state index contributed by atoms with van der Waals surface area (Å²) in [7, 11) is 0. The van der Waals surface area contributed by atoms with E-state index in [9.17, 15) is 9.90 Å². The van der Waals surface area contributed by atoms with Crippen LogP contribution in [0.25, 0.3) is 6.08 Å². The Morgan fingerprint density at radius 2 is 1.88 bits per heavy atom. The summed E-state index contributed by atoms with van der Waals surface area (Å²) < 4.78 is 5.51. The van der Waals surface area contributed by atoms with Crippen LogP contribution in [0.4, 0.5) is 0 Å². The van der Waals surface area contributed by atoms with E-state index in [4.69, 9.17) is 4.74 Å². The molecule has 1 aromatic rings. The molecule has 0 unspecified atom stereocenters. The lowest BCUT2D eigenvalue weighted by molar-refractivity contribution is -0.114. The Kier molecular flexibility index (Phi) is 10.3. The lowest BCUT2D eigenvalue weighted by Gasteiger charge is -2.07. The fourth-order valence-electron chi connectivity index (χ4n) is 2.23. The molecule has 3 heteroatoms. The van der Waals surface area contributed by atoms with Gasteiger partial charge in [-0.2, -0.15) is 0 Å². The monoisotopic (exact) mass is 330 g/mol. The molecule has 0 aliphatic carbocycles. The van der Waals surface area contributed by atoms with Crippen molar-refractivity contribution >= 4 is 11.9 Å². The third-order valence-corrected chi connectivity index (χ3v) is 3.70. The van der Waals surface area contributed by atoms with Crippen molar-refractivity contribution < 1.29 is 14.6 Å². The maximum Gasteiger partial charge on any atom is 0.160 e. The lowest BCUT2D eigenvalue weighted by Crippen LogP contribution is -1.96. The van der Waals surface area contributed by atoms with Gasteiger partial charge in [0.15, 0.2) is 17.3 Å². The lowest BCUT2D eigenvalue weighted by atomic mass is 10.1. The minimum Gasteiger partial charge on any atom is -0.504 e. The summed E-state index contributed by atoms with van der Waals surface area (Å²) in [6.45, 7) is 4.87. The number of rotatable bonds is 12. The molecule has 132 valence electrons. The minimum absolute atomic E-state index is 0.143. The number of unbranched alkanes of at least 4 members (excludes halogenated alkanes) is 4. The first-order valence-electron chi connectivity index (χ1n) is 9.00. The fraction of sp³-hybridized carbons (Fsp3) is 0.476. The average molecular weight is 330 g/mol. The normalized spacial score (nSPS) is 11.4. The molecule has 0 heterocycles. The Morgan fingerprint density at radius 3 is 2.58 bits per heavy atom. The van der Waals surface area contributed by atoms with Crippen LogP contribution in [-0.4, -0.2) is 17.5 Å². The van der Waals surface area contributed by atoms with Gasteiger partial charge >= 0.3 is 0 Å². The van der Waals surface area contributed by atoms with E-state index in [1.807, 2.05) is 18.2 Å². The van der Waals surface area contributed by atoms with Crippen molar-refractivity contribution in [2.24, 2.45) is 0 Å². The maximum absolute atomic E-state index is 11.7. The number of phenols is 1. The van der Waals surface area contributed by atoms with Crippen molar-refractivity contribution in [1.29, 1.82) is 0 Å². The fourth-order valence-corrected chi connectivity index (χ4v) is 2.23. The number of aromatic hydroxyl groups is 1. The second-order valence-corrected chi connectivity index (χ2v) is 5.92. The van der Waals surface area contributed by atoms with E-state index in [0.29, 0.717) is 18.8 Å². The van der Waals surface area contributed by atoms with Crippen LogP contribution in [-0.2, 0) is 4.79 Å². The highest BCUT2D eigenvalue weighted by Crippen LogP contribution is 2.27. The summed E-state index contributed by atoms with van der Waals surface area (Å²) in [4.78, 5) is 11.7. The van der Waals surface area contributed by atoms with Crippen LogP contribution in [0.3, 0.4) is 0 Å². The molecule has 24 heavy (non-hydrogen) atoms. The Morgan fingerprint density at radius 1 is 1.08 bits per heavy atom. The van der Waals surface area contributed by atoms with Crippen LogP contribution < -0.4 is 4.74 Å². The van der Waals surface area contributed by atoms with E-state index >= 15 is 0 Å². The van der Waals surface area contributed by atoms with Gasteiger partial charge in [0, 0.05) is 6.42 Å². The molecule has 1 rings (SSSR count). The van der Waals surface area contributed by atoms with Gasteiger partial charge in [0.1, 0.15) is 0 Å². The van der Waals surface area contributed by atoms with E-state index in [2.05, 4.69) is 13.8 Å². The van der Waals surface area contributed by atoms with E-state index in [1.54, 1.807) is 24.3 Å². The number of ketones is 1. The number of hydrogen-bond donors (Lipinski definition) is 1. The summed E-state index contributed by atoms with van der Waals surface area (Å²) in [6.07, 6.45) is 14.2. The molecule has 0 amide bonds. The molecule has 0 fully saturated rings. The molecule has 0 aromatic heterocycles. The SMILES string of the molecule is CCCCCCC(=O)C=CC=Cc1ccc(OCCCC)c(O)c1. The zero-order chi connectivity index (χ0) is 17.6. The first-order chi connectivity index (χ1) is 11.7. The molecule has 3 nitrogen and oxygen atoms in total. The van der Waals surface area contributed by atoms with Gasteiger partial charge in [-0.3, -0.25) is 4.79 Å². The Balaban J connectivity index is 2.42. The first kappa shape index (κ1) is 20.0. The Bertz CT molecular complexity index is 544. The standard InChI is InChI=1S/C21H30O3/c1-3-5-7-8-12-19(22)13-10-9-11-18-14-15-21(20(23)17-18)24-16-6-4-2/h9-11,13-15,17,23H,3-8,12,16H2,1-2H3. The van der Waals surface area contributed by atoms with Gasteiger partial charge in [-0.05, 0) is 36.6 Å². The predicted octanol–water partition coefficient (Wildman–Crippen LogP) is 5.68. The number of benzene rings is 1. The van der Waals surface area contributed by atoms with Crippen LogP contribution in [0.2, 0.25) is 0 Å². The average Bonchev–Trinajstić information content (AvgIpc) is 2.57. The van der Waals surface area contributed by atoms with Crippen LogP contribution in [0.1, 0.15) is 64.4 Å². The van der Waals surface area contributed by atoms with Crippen molar-refractivity contribution in [3.8, 4) is 11.5 Å². The van der Waals surface area contributed by atoms with Crippen LogP contribution in [0.15, 0.2) is 36.4 Å². The second kappa shape index (κ2) is 12.4. The largest absolute Gasteiger partial charge is 0.504 e. The third kappa shape index (κ3) is 8.56. The number of ether oxygens (including phenoxy) is 1. The molecule has 0 saturated heterocycles. The van der Waals surface area contributed by atoms with Crippen molar-refractivity contribution in [3.05, 3.63) is 42.0 Å². The van der Waals surface area contributed by atoms with E-state index < -0.39 is 0 Å². The summed E-state index contributed by atoms with van der Waals surface area (Å²) in [5.41, 5.74) is 0.871. The number of carbonyl (C=O) groups excluding carboxylic acids is 1. The molecule has 0 aliphatic rings. The van der Waals surface area contributed by atoms with Crippen molar-refractivity contribution in [2.75, 3.05) is 6.61 Å². The van der Waals surface area contributed by atoms with Gasteiger partial charge in [0.2, 0.25) is 0 Å². The van der Waals surface area contributed by atoms with E-state index in [1.165, 1.54) is 12.8 Å². The summed E-state index contributed by atoms with van der Waals surface area (Å²) in [6, 6.07) is 5.32. The zero-order valence-electron chi connectivity index (χ0n) is 15.0. The summed E-state index contributed by atoms with van der Waals surface area (Å²) in [5, 5.41) is 9.95. The van der Waals surface area contributed by atoms with Gasteiger partial charge < -0.3 is 9.84 Å². The van der Waals surface area contributed by atoms with Crippen LogP contribution in [0.5, 0.6) is 11.5 Å². The number of carbonyl (C=O) groups is 1. The molecule has 0 spiro atoms. The molecule has 1 aromatic carbocycles. The molecule has 0 aliphatic heterocycles. The molecule has 0 atom stereocenters. The van der Waals surface area contributed by atoms with Gasteiger partial charge in [0.05, 0.1) is 6.61 Å². The first-order valence-corrected chi connectivity index (χ1v) is 9.00. The summed E-state index contributed by atoms with van der Waals surface area (Å²) >= 11 is 0. The molecule has 1 N–H and O–H groups in total. The smallest absolute Gasteiger partial charge is 0.160 e. The van der Waals surface area contributed by atoms with Gasteiger partial charge in [0.25, 0.3) is 0 Å². The van der Waals surface area contributed by atoms with Gasteiger partial charge in [-0.15, -0.1) is 0 Å². The van der Waals surface area contributed by atoms with E-state index in [-0.39, 0.29) is 11.5 Å². The quantitative estimate of drug-likeness (QED) is 0.305. The van der Waals surface area contributed by atoms with Crippen molar-refractivity contribution in [2.45, 2.75) is 58.8 Å². The van der Waals surface area contributed by atoms with Gasteiger partial charge in [-0.25, -0.2) is 0 Å². The molecular weight excluding hydrogens is 300 g/mol. The van der Waals surface area contributed by atoms with Crippen molar-refractivity contribution in [3.63, 3.8) is 0 Å². The zero-order valence-corrected chi connectivity index (χ0v) is 15.0. The number of phenolic OH excluding ortho intramolecular Hbond substituents is 1. The van der Waals surface area contributed by atoms with Gasteiger partial charge in [-0.1, -0.05) is 63.8 Å². The second-order valence-electron chi connectivity index (χ2n) is 5.92. The molecule has 0 bridgehead atoms. The highest BCUT2D eigenvalue weighted by Gasteiger charge is 2.02. The predicted molar refractivity (Wildman–Crippen MR) is 100 cm³/mol. The highest BCUT2D eigenvalue weighted by molar-refractivity contribution is 5.89. The Hall–Kier alpha value is -2.03. The Labute approximate surface area is 146 Å². The third-order valence-electron chi connectivity index (χ3n) is 3.70. The molecule has 0 saturated carbocycles. The number of hydrogen-bond acceptors (Lipinski definition) is 3.